The summed E-state index contributed by atoms with van der Waals surface area (Å²) in [6.07, 6.45) is 3.01. The molecule has 2 fully saturated rings. The van der Waals surface area contributed by atoms with E-state index in [1.807, 2.05) is 6.07 Å². The Labute approximate surface area is 141 Å². The van der Waals surface area contributed by atoms with E-state index in [-0.39, 0.29) is 0 Å². The Morgan fingerprint density at radius 2 is 1.83 bits per heavy atom. The number of hydrogen-bond donors (Lipinski definition) is 2. The second-order valence-corrected chi connectivity index (χ2v) is 6.65. The molecule has 0 radical (unpaired) electrons. The molecule has 4 rings (SSSR count). The number of amides is 1. The zero-order chi connectivity index (χ0) is 16.5. The van der Waals surface area contributed by atoms with Gasteiger partial charge < -0.3 is 16.0 Å². The van der Waals surface area contributed by atoms with Crippen LogP contribution in [-0.4, -0.2) is 35.5 Å². The second kappa shape index (κ2) is 6.20. The monoisotopic (exact) mass is 323 g/mol. The average molecular weight is 323 g/mol. The van der Waals surface area contributed by atoms with E-state index in [1.165, 1.54) is 18.0 Å². The summed E-state index contributed by atoms with van der Waals surface area (Å²) in [6.45, 7) is 3.99. The van der Waals surface area contributed by atoms with Crippen LogP contribution in [0.5, 0.6) is 0 Å². The molecule has 2 aromatic rings. The van der Waals surface area contributed by atoms with Crippen LogP contribution in [0.2, 0.25) is 0 Å². The number of nitrogens with zero attached hydrogens (tertiary/aromatic N) is 3. The smallest absolute Gasteiger partial charge is 0.251 e. The van der Waals surface area contributed by atoms with Gasteiger partial charge in [-0.2, -0.15) is 0 Å². The summed E-state index contributed by atoms with van der Waals surface area (Å²) in [4.78, 5) is 21.8. The summed E-state index contributed by atoms with van der Waals surface area (Å²) in [6, 6.07) is 10.5. The highest BCUT2D eigenvalue weighted by atomic mass is 16.1. The number of anilines is 1. The summed E-state index contributed by atoms with van der Waals surface area (Å²) < 4.78 is 0. The molecule has 124 valence electrons. The molecule has 1 aliphatic carbocycles. The van der Waals surface area contributed by atoms with E-state index in [0.29, 0.717) is 11.5 Å². The third-order valence-electron chi connectivity index (χ3n) is 5.13. The lowest BCUT2D eigenvalue weighted by Gasteiger charge is -2.19. The first-order chi connectivity index (χ1) is 11.7. The van der Waals surface area contributed by atoms with Crippen molar-refractivity contribution in [1.82, 2.24) is 15.3 Å². The fraction of sp³-hybridized carbons (Fsp3) is 0.389. The molecule has 2 aliphatic rings. The minimum atomic E-state index is -0.490. The first kappa shape index (κ1) is 15.1. The fourth-order valence-corrected chi connectivity index (χ4v) is 3.71. The molecule has 2 unspecified atom stereocenters. The Hall–Kier alpha value is -2.47. The van der Waals surface area contributed by atoms with Gasteiger partial charge in [0.05, 0.1) is 5.56 Å². The molecular weight excluding hydrogens is 302 g/mol. The number of aromatic nitrogens is 2. The molecule has 1 saturated heterocycles. The van der Waals surface area contributed by atoms with Crippen molar-refractivity contribution in [2.24, 2.45) is 23.5 Å². The normalized spacial score (nSPS) is 24.7. The number of nitrogens with two attached hydrogens (primary N) is 1. The van der Waals surface area contributed by atoms with E-state index in [4.69, 9.17) is 5.73 Å². The topological polar surface area (TPSA) is 84.1 Å². The number of primary amides is 1. The first-order valence-corrected chi connectivity index (χ1v) is 8.34. The summed E-state index contributed by atoms with van der Waals surface area (Å²) in [5.74, 6) is 2.42. The van der Waals surface area contributed by atoms with E-state index in [9.17, 15) is 4.79 Å². The molecule has 1 aliphatic heterocycles. The van der Waals surface area contributed by atoms with Crippen molar-refractivity contribution in [3.8, 4) is 0 Å². The highest BCUT2D eigenvalue weighted by Crippen LogP contribution is 2.51. The van der Waals surface area contributed by atoms with Crippen LogP contribution in [0.1, 0.15) is 15.9 Å². The van der Waals surface area contributed by atoms with Gasteiger partial charge in [0.1, 0.15) is 0 Å². The fourth-order valence-electron chi connectivity index (χ4n) is 3.71. The molecule has 0 spiro atoms. The Kier molecular flexibility index (Phi) is 3.90. The van der Waals surface area contributed by atoms with Gasteiger partial charge in [-0.05, 0) is 29.9 Å². The van der Waals surface area contributed by atoms with E-state index in [2.05, 4.69) is 44.5 Å². The molecule has 1 amide bonds. The van der Waals surface area contributed by atoms with Crippen LogP contribution in [0, 0.1) is 17.8 Å². The standard InChI is InChI=1S/C18H21N5O/c19-17(24)13-7-21-18(22-8-13)23-10-15-14(16(15)11-23)9-20-6-12-4-2-1-3-5-12/h1-5,7-8,14-16,20H,6,9-11H2,(H2,19,24). The van der Waals surface area contributed by atoms with Crippen molar-refractivity contribution in [2.75, 3.05) is 24.5 Å². The maximum absolute atomic E-state index is 11.1. The molecule has 6 nitrogen and oxygen atoms in total. The molecule has 24 heavy (non-hydrogen) atoms. The van der Waals surface area contributed by atoms with Gasteiger partial charge in [0, 0.05) is 32.0 Å². The van der Waals surface area contributed by atoms with Crippen molar-refractivity contribution in [1.29, 1.82) is 0 Å². The van der Waals surface area contributed by atoms with Crippen LogP contribution in [0.25, 0.3) is 0 Å². The first-order valence-electron chi connectivity index (χ1n) is 8.34. The number of benzene rings is 1. The SMILES string of the molecule is NC(=O)c1cnc(N2CC3C(CNCc4ccccc4)C3C2)nc1. The Bertz CT molecular complexity index is 706. The van der Waals surface area contributed by atoms with Gasteiger partial charge in [0.15, 0.2) is 0 Å². The van der Waals surface area contributed by atoms with Crippen molar-refractivity contribution in [2.45, 2.75) is 6.54 Å². The van der Waals surface area contributed by atoms with E-state index in [0.717, 1.165) is 43.9 Å². The van der Waals surface area contributed by atoms with Crippen molar-refractivity contribution < 1.29 is 4.79 Å². The van der Waals surface area contributed by atoms with E-state index in [1.54, 1.807) is 0 Å². The van der Waals surface area contributed by atoms with Crippen LogP contribution >= 0.6 is 0 Å². The highest BCUT2D eigenvalue weighted by molar-refractivity contribution is 5.92. The lowest BCUT2D eigenvalue weighted by atomic mass is 10.2. The zero-order valence-electron chi connectivity index (χ0n) is 13.4. The third kappa shape index (κ3) is 2.97. The van der Waals surface area contributed by atoms with Gasteiger partial charge in [0.25, 0.3) is 5.91 Å². The van der Waals surface area contributed by atoms with Crippen LogP contribution in [0.4, 0.5) is 5.95 Å². The van der Waals surface area contributed by atoms with Gasteiger partial charge in [-0.15, -0.1) is 0 Å². The largest absolute Gasteiger partial charge is 0.366 e. The summed E-state index contributed by atoms with van der Waals surface area (Å²) in [7, 11) is 0. The van der Waals surface area contributed by atoms with Crippen molar-refractivity contribution in [3.63, 3.8) is 0 Å². The molecule has 1 saturated carbocycles. The second-order valence-electron chi connectivity index (χ2n) is 6.65. The number of nitrogens with one attached hydrogen (secondary N) is 1. The lowest BCUT2D eigenvalue weighted by Crippen LogP contribution is -2.29. The highest BCUT2D eigenvalue weighted by Gasteiger charge is 2.55. The molecule has 2 atom stereocenters. The van der Waals surface area contributed by atoms with Crippen LogP contribution in [0.3, 0.4) is 0 Å². The maximum atomic E-state index is 11.1. The molecule has 1 aromatic heterocycles. The van der Waals surface area contributed by atoms with Gasteiger partial charge in [-0.1, -0.05) is 30.3 Å². The molecule has 2 heterocycles. The average Bonchev–Trinajstić information content (AvgIpc) is 3.05. The van der Waals surface area contributed by atoms with Crippen LogP contribution in [-0.2, 0) is 6.54 Å². The summed E-state index contributed by atoms with van der Waals surface area (Å²) in [5.41, 5.74) is 6.89. The predicted molar refractivity (Wildman–Crippen MR) is 91.4 cm³/mol. The Morgan fingerprint density at radius 3 is 2.46 bits per heavy atom. The molecular formula is C18H21N5O. The summed E-state index contributed by atoms with van der Waals surface area (Å²) >= 11 is 0. The zero-order valence-corrected chi connectivity index (χ0v) is 13.4. The van der Waals surface area contributed by atoms with E-state index < -0.39 is 5.91 Å². The maximum Gasteiger partial charge on any atom is 0.251 e. The molecule has 0 bridgehead atoms. The minimum Gasteiger partial charge on any atom is -0.366 e. The number of piperidine rings is 1. The quantitative estimate of drug-likeness (QED) is 0.830. The van der Waals surface area contributed by atoms with Crippen LogP contribution in [0.15, 0.2) is 42.7 Å². The van der Waals surface area contributed by atoms with Gasteiger partial charge in [-0.25, -0.2) is 9.97 Å². The number of fused-ring (bicyclic) bond motifs is 1. The minimum absolute atomic E-state index is 0.353. The Balaban J connectivity index is 1.25. The molecule has 6 heteroatoms. The third-order valence-corrected chi connectivity index (χ3v) is 5.13. The van der Waals surface area contributed by atoms with E-state index >= 15 is 0 Å². The number of rotatable bonds is 6. The molecule has 3 N–H and O–H groups in total. The van der Waals surface area contributed by atoms with Crippen LogP contribution < -0.4 is 16.0 Å². The predicted octanol–water partition coefficient (Wildman–Crippen LogP) is 1.05. The molecule has 1 aromatic carbocycles. The van der Waals surface area contributed by atoms with Gasteiger partial charge in [0.2, 0.25) is 5.95 Å². The Morgan fingerprint density at radius 1 is 1.17 bits per heavy atom. The van der Waals surface area contributed by atoms with Gasteiger partial charge in [-0.3, -0.25) is 4.79 Å². The summed E-state index contributed by atoms with van der Waals surface area (Å²) in [5, 5.41) is 3.57. The lowest BCUT2D eigenvalue weighted by molar-refractivity contribution is 0.0999. The van der Waals surface area contributed by atoms with Crippen molar-refractivity contribution >= 4 is 11.9 Å². The number of hydrogen-bond acceptors (Lipinski definition) is 5. The number of carbonyl (C=O) groups is 1. The number of carbonyl (C=O) groups excluding carboxylic acids is 1. The van der Waals surface area contributed by atoms with Gasteiger partial charge >= 0.3 is 0 Å². The van der Waals surface area contributed by atoms with Crippen molar-refractivity contribution in [3.05, 3.63) is 53.9 Å².